The summed E-state index contributed by atoms with van der Waals surface area (Å²) < 4.78 is 11.0. The number of aliphatic hydroxyl groups is 1. The van der Waals surface area contributed by atoms with E-state index < -0.39 is 6.10 Å². The monoisotopic (exact) mass is 349 g/mol. The van der Waals surface area contributed by atoms with Crippen LogP contribution in [0.2, 0.25) is 5.02 Å². The van der Waals surface area contributed by atoms with Gasteiger partial charge in [-0.2, -0.15) is 4.98 Å². The van der Waals surface area contributed by atoms with Gasteiger partial charge >= 0.3 is 0 Å². The summed E-state index contributed by atoms with van der Waals surface area (Å²) in [5, 5.41) is 14.9. The molecule has 0 spiro atoms. The third-order valence-corrected chi connectivity index (χ3v) is 4.83. The minimum absolute atomic E-state index is 0.139. The Bertz CT molecular complexity index is 698. The van der Waals surface area contributed by atoms with Crippen molar-refractivity contribution < 1.29 is 14.4 Å². The van der Waals surface area contributed by atoms with Gasteiger partial charge in [-0.05, 0) is 18.9 Å². The molecule has 128 valence electrons. The van der Waals surface area contributed by atoms with Crippen LogP contribution in [0.1, 0.15) is 42.1 Å². The second kappa shape index (κ2) is 6.80. The molecule has 6 nitrogen and oxygen atoms in total. The van der Waals surface area contributed by atoms with E-state index in [0.717, 1.165) is 37.3 Å². The van der Waals surface area contributed by atoms with Crippen molar-refractivity contribution in [3.05, 3.63) is 46.6 Å². The summed E-state index contributed by atoms with van der Waals surface area (Å²) in [5.41, 5.74) is 0.766. The first-order valence-electron chi connectivity index (χ1n) is 8.28. The van der Waals surface area contributed by atoms with Crippen molar-refractivity contribution in [1.82, 2.24) is 15.0 Å². The van der Waals surface area contributed by atoms with Crippen LogP contribution in [-0.4, -0.2) is 45.9 Å². The Morgan fingerprint density at radius 1 is 1.33 bits per heavy atom. The van der Waals surface area contributed by atoms with Crippen LogP contribution in [0, 0.1) is 0 Å². The van der Waals surface area contributed by atoms with E-state index in [4.69, 9.17) is 20.9 Å². The minimum atomic E-state index is -0.586. The topological polar surface area (TPSA) is 71.6 Å². The lowest BCUT2D eigenvalue weighted by molar-refractivity contribution is -0.0799. The van der Waals surface area contributed by atoms with Gasteiger partial charge in [0, 0.05) is 36.1 Å². The Labute approximate surface area is 145 Å². The summed E-state index contributed by atoms with van der Waals surface area (Å²) in [6, 6.07) is 7.39. The molecule has 1 aliphatic carbocycles. The zero-order valence-corrected chi connectivity index (χ0v) is 14.0. The number of hydrogen-bond donors (Lipinski definition) is 1. The molecule has 2 heterocycles. The molecule has 2 aromatic rings. The van der Waals surface area contributed by atoms with E-state index in [1.54, 1.807) is 6.07 Å². The predicted molar refractivity (Wildman–Crippen MR) is 87.7 cm³/mol. The fraction of sp³-hybridized carbons (Fsp3) is 0.529. The highest BCUT2D eigenvalue weighted by Gasteiger charge is 2.31. The van der Waals surface area contributed by atoms with Crippen LogP contribution in [0.3, 0.4) is 0 Å². The average Bonchev–Trinajstić information content (AvgIpc) is 3.29. The molecule has 0 amide bonds. The van der Waals surface area contributed by atoms with Gasteiger partial charge in [-0.1, -0.05) is 35.0 Å². The van der Waals surface area contributed by atoms with Crippen molar-refractivity contribution in [3.63, 3.8) is 0 Å². The van der Waals surface area contributed by atoms with Gasteiger partial charge in [0.2, 0.25) is 0 Å². The molecule has 0 bridgehead atoms. The zero-order chi connectivity index (χ0) is 16.5. The summed E-state index contributed by atoms with van der Waals surface area (Å²) in [6.45, 7) is 2.47. The first-order chi connectivity index (χ1) is 11.7. The van der Waals surface area contributed by atoms with Gasteiger partial charge < -0.3 is 14.4 Å². The minimum Gasteiger partial charge on any atom is -0.387 e. The highest BCUT2D eigenvalue weighted by atomic mass is 35.5. The van der Waals surface area contributed by atoms with E-state index in [0.29, 0.717) is 30.0 Å². The third kappa shape index (κ3) is 3.62. The van der Waals surface area contributed by atoms with Crippen molar-refractivity contribution >= 4 is 11.6 Å². The van der Waals surface area contributed by atoms with Crippen molar-refractivity contribution in [2.45, 2.75) is 37.6 Å². The molecular formula is C17H20ClN3O3. The van der Waals surface area contributed by atoms with Crippen LogP contribution in [0.15, 0.2) is 28.8 Å². The molecular weight excluding hydrogens is 330 g/mol. The van der Waals surface area contributed by atoms with Gasteiger partial charge in [0.1, 0.15) is 6.61 Å². The lowest BCUT2D eigenvalue weighted by Gasteiger charge is -2.39. The van der Waals surface area contributed by atoms with Crippen LogP contribution in [0.5, 0.6) is 0 Å². The predicted octanol–water partition coefficient (Wildman–Crippen LogP) is 2.53. The number of aliphatic hydroxyl groups excluding tert-OH is 1. The van der Waals surface area contributed by atoms with Crippen LogP contribution < -0.4 is 0 Å². The summed E-state index contributed by atoms with van der Waals surface area (Å²) >= 11 is 6.11. The number of likely N-dealkylation sites (tertiary alicyclic amines) is 1. The molecule has 1 saturated heterocycles. The van der Waals surface area contributed by atoms with Gasteiger partial charge in [-0.15, -0.1) is 0 Å². The number of benzene rings is 1. The number of hydrogen-bond acceptors (Lipinski definition) is 6. The molecule has 1 unspecified atom stereocenters. The number of rotatable bonds is 7. The van der Waals surface area contributed by atoms with Crippen molar-refractivity contribution in [1.29, 1.82) is 0 Å². The fourth-order valence-corrected chi connectivity index (χ4v) is 3.15. The second-order valence-corrected chi connectivity index (χ2v) is 6.92. The number of nitrogens with zero attached hydrogens (tertiary/aromatic N) is 3. The standard InChI is InChI=1S/C17H20ClN3O3/c18-14-4-2-1-3-13(14)15(22)9-21-7-12(8-21)23-10-16-19-17(20-24-16)11-5-6-11/h1-4,11-12,15,22H,5-10H2. The van der Waals surface area contributed by atoms with Crippen molar-refractivity contribution in [3.8, 4) is 0 Å². The SMILES string of the molecule is OC(CN1CC(OCc2nc(C3CC3)no2)C1)c1ccccc1Cl. The van der Waals surface area contributed by atoms with E-state index in [1.807, 2.05) is 18.2 Å². The number of β-amino-alcohol motifs (C(OH)–C–C–N with tert-alkyl or cyclic N) is 1. The van der Waals surface area contributed by atoms with Gasteiger partial charge in [-0.25, -0.2) is 0 Å². The molecule has 2 aliphatic rings. The van der Waals surface area contributed by atoms with E-state index in [2.05, 4.69) is 15.0 Å². The molecule has 4 rings (SSSR count). The molecule has 1 saturated carbocycles. The summed E-state index contributed by atoms with van der Waals surface area (Å²) in [7, 11) is 0. The smallest absolute Gasteiger partial charge is 0.252 e. The fourth-order valence-electron chi connectivity index (χ4n) is 2.89. The lowest BCUT2D eigenvalue weighted by Crippen LogP contribution is -2.53. The number of halogens is 1. The van der Waals surface area contributed by atoms with Gasteiger partial charge in [0.05, 0.1) is 12.2 Å². The van der Waals surface area contributed by atoms with E-state index >= 15 is 0 Å². The molecule has 7 heteroatoms. The first kappa shape index (κ1) is 16.0. The molecule has 1 aromatic carbocycles. The molecule has 1 aromatic heterocycles. The maximum Gasteiger partial charge on any atom is 0.252 e. The highest BCUT2D eigenvalue weighted by molar-refractivity contribution is 6.31. The van der Waals surface area contributed by atoms with E-state index in [1.165, 1.54) is 0 Å². The van der Waals surface area contributed by atoms with Crippen LogP contribution >= 0.6 is 11.6 Å². The Hall–Kier alpha value is -1.47. The molecule has 24 heavy (non-hydrogen) atoms. The Morgan fingerprint density at radius 3 is 2.88 bits per heavy atom. The Kier molecular flexibility index (Phi) is 4.54. The van der Waals surface area contributed by atoms with Gasteiger partial charge in [0.15, 0.2) is 5.82 Å². The highest BCUT2D eigenvalue weighted by Crippen LogP contribution is 2.38. The third-order valence-electron chi connectivity index (χ3n) is 4.49. The summed E-state index contributed by atoms with van der Waals surface area (Å²) in [6.07, 6.45) is 1.87. The summed E-state index contributed by atoms with van der Waals surface area (Å²) in [5.74, 6) is 1.85. The van der Waals surface area contributed by atoms with E-state index in [9.17, 15) is 5.11 Å². The number of ether oxygens (including phenoxy) is 1. The maximum atomic E-state index is 10.3. The average molecular weight is 350 g/mol. The van der Waals surface area contributed by atoms with E-state index in [-0.39, 0.29) is 6.10 Å². The molecule has 0 radical (unpaired) electrons. The first-order valence-corrected chi connectivity index (χ1v) is 8.66. The van der Waals surface area contributed by atoms with Crippen molar-refractivity contribution in [2.24, 2.45) is 0 Å². The Balaban J connectivity index is 1.19. The molecule has 2 fully saturated rings. The van der Waals surface area contributed by atoms with Crippen molar-refractivity contribution in [2.75, 3.05) is 19.6 Å². The largest absolute Gasteiger partial charge is 0.387 e. The van der Waals surface area contributed by atoms with Gasteiger partial charge in [-0.3, -0.25) is 4.90 Å². The van der Waals surface area contributed by atoms with Crippen LogP contribution in [0.25, 0.3) is 0 Å². The Morgan fingerprint density at radius 2 is 2.12 bits per heavy atom. The van der Waals surface area contributed by atoms with Crippen LogP contribution in [-0.2, 0) is 11.3 Å². The quantitative estimate of drug-likeness (QED) is 0.828. The van der Waals surface area contributed by atoms with Gasteiger partial charge in [0.25, 0.3) is 5.89 Å². The molecule has 1 atom stereocenters. The maximum absolute atomic E-state index is 10.3. The molecule has 1 aliphatic heterocycles. The second-order valence-electron chi connectivity index (χ2n) is 6.51. The summed E-state index contributed by atoms with van der Waals surface area (Å²) in [4.78, 5) is 6.49. The molecule has 1 N–H and O–H groups in total. The lowest BCUT2D eigenvalue weighted by atomic mass is 10.1. The van der Waals surface area contributed by atoms with Crippen LogP contribution in [0.4, 0.5) is 0 Å². The number of aromatic nitrogens is 2. The normalized spacial score (nSPS) is 20.1. The zero-order valence-electron chi connectivity index (χ0n) is 13.3.